The summed E-state index contributed by atoms with van der Waals surface area (Å²) in [4.78, 5) is 0. The van der Waals surface area contributed by atoms with Crippen molar-refractivity contribution in [1.29, 1.82) is 0 Å². The molecule has 1 aliphatic rings. The van der Waals surface area contributed by atoms with Crippen molar-refractivity contribution in [3.63, 3.8) is 0 Å². The van der Waals surface area contributed by atoms with Crippen LogP contribution in [-0.4, -0.2) is 8.42 Å². The average Bonchev–Trinajstić information content (AvgIpc) is 2.36. The third-order valence-electron chi connectivity index (χ3n) is 2.66. The summed E-state index contributed by atoms with van der Waals surface area (Å²) in [6.45, 7) is 6.08. The Kier molecular flexibility index (Phi) is 2.24. The summed E-state index contributed by atoms with van der Waals surface area (Å²) in [5.41, 5.74) is 0.915. The molecule has 0 aromatic heterocycles. The van der Waals surface area contributed by atoms with Crippen LogP contribution in [0.2, 0.25) is 0 Å². The van der Waals surface area contributed by atoms with Gasteiger partial charge in [0, 0.05) is 10.6 Å². The lowest BCUT2D eigenvalue weighted by Crippen LogP contribution is -2.25. The first-order valence-electron chi connectivity index (χ1n) is 4.99. The molecule has 0 unspecified atom stereocenters. The fraction of sp³-hybridized carbons (Fsp3) is 0.333. The molecule has 2 rings (SSSR count). The second-order valence-corrected chi connectivity index (χ2v) is 6.67. The molecule has 2 nitrogen and oxygen atoms in total. The highest BCUT2D eigenvalue weighted by atomic mass is 32.2. The minimum atomic E-state index is -3.82. The van der Waals surface area contributed by atoms with Gasteiger partial charge in [-0.05, 0) is 22.3 Å². The summed E-state index contributed by atoms with van der Waals surface area (Å²) in [5.74, 6) is 0. The van der Waals surface area contributed by atoms with E-state index in [2.05, 4.69) is 0 Å². The molecule has 0 N–H and O–H groups in total. The lowest BCUT2D eigenvalue weighted by Gasteiger charge is -2.18. The second-order valence-electron chi connectivity index (χ2n) is 4.99. The van der Waals surface area contributed by atoms with E-state index in [0.717, 1.165) is 11.0 Å². The summed E-state index contributed by atoms with van der Waals surface area (Å²) in [7, 11) is -3.82. The average molecular weight is 240 g/mol. The second kappa shape index (κ2) is 3.17. The SMILES string of the molecule is CC(C)(C)c1ccc2c(c1)=CS(=O)(=O)C=2F. The van der Waals surface area contributed by atoms with E-state index >= 15 is 0 Å². The van der Waals surface area contributed by atoms with Gasteiger partial charge in [0.05, 0.1) is 0 Å². The van der Waals surface area contributed by atoms with Gasteiger partial charge >= 0.3 is 0 Å². The van der Waals surface area contributed by atoms with E-state index in [1.54, 1.807) is 12.1 Å². The van der Waals surface area contributed by atoms with Gasteiger partial charge in [0.1, 0.15) is 0 Å². The molecule has 86 valence electrons. The predicted octanol–water partition coefficient (Wildman–Crippen LogP) is 1.19. The molecule has 4 heteroatoms. The van der Waals surface area contributed by atoms with E-state index in [-0.39, 0.29) is 10.6 Å². The first-order valence-corrected chi connectivity index (χ1v) is 6.54. The Morgan fingerprint density at radius 1 is 1.19 bits per heavy atom. The maximum Gasteiger partial charge on any atom is 0.227 e. The van der Waals surface area contributed by atoms with Crippen LogP contribution in [0.25, 0.3) is 10.6 Å². The van der Waals surface area contributed by atoms with Crippen molar-refractivity contribution in [3.8, 4) is 0 Å². The molecule has 16 heavy (non-hydrogen) atoms. The van der Waals surface area contributed by atoms with E-state index in [1.165, 1.54) is 6.07 Å². The summed E-state index contributed by atoms with van der Waals surface area (Å²) in [6.07, 6.45) is 0. The molecule has 0 amide bonds. The molecule has 1 heterocycles. The van der Waals surface area contributed by atoms with Gasteiger partial charge in [-0.3, -0.25) is 0 Å². The third-order valence-corrected chi connectivity index (χ3v) is 3.95. The predicted molar refractivity (Wildman–Crippen MR) is 62.3 cm³/mol. The van der Waals surface area contributed by atoms with Crippen LogP contribution in [0.1, 0.15) is 26.3 Å². The van der Waals surface area contributed by atoms with Crippen LogP contribution >= 0.6 is 0 Å². The quantitative estimate of drug-likeness (QED) is 0.682. The maximum atomic E-state index is 13.4. The van der Waals surface area contributed by atoms with Crippen LogP contribution in [0.5, 0.6) is 0 Å². The molecule has 0 aliphatic carbocycles. The zero-order valence-electron chi connectivity index (χ0n) is 9.41. The Labute approximate surface area is 94.0 Å². The third kappa shape index (κ3) is 1.67. The van der Waals surface area contributed by atoms with Crippen LogP contribution in [0, 0.1) is 0 Å². The largest absolute Gasteiger partial charge is 0.227 e. The number of halogens is 1. The Bertz CT molecular complexity index is 664. The highest BCUT2D eigenvalue weighted by Crippen LogP contribution is 2.21. The maximum absolute atomic E-state index is 13.4. The molecule has 0 radical (unpaired) electrons. The van der Waals surface area contributed by atoms with E-state index in [1.807, 2.05) is 20.8 Å². The lowest BCUT2D eigenvalue weighted by atomic mass is 9.87. The van der Waals surface area contributed by atoms with Crippen LogP contribution in [0.4, 0.5) is 4.39 Å². The minimum absolute atomic E-state index is 0.0777. The summed E-state index contributed by atoms with van der Waals surface area (Å²) in [6, 6.07) is 5.04. The van der Waals surface area contributed by atoms with E-state index in [9.17, 15) is 12.8 Å². The van der Waals surface area contributed by atoms with Crippen LogP contribution in [-0.2, 0) is 15.3 Å². The Balaban J connectivity index is 2.82. The van der Waals surface area contributed by atoms with E-state index in [4.69, 9.17) is 0 Å². The van der Waals surface area contributed by atoms with Crippen LogP contribution in [0.3, 0.4) is 0 Å². The van der Waals surface area contributed by atoms with Crippen molar-refractivity contribution in [2.75, 3.05) is 0 Å². The van der Waals surface area contributed by atoms with Gasteiger partial charge in [-0.2, -0.15) is 4.39 Å². The summed E-state index contributed by atoms with van der Waals surface area (Å²) < 4.78 is 36.0. The van der Waals surface area contributed by atoms with Crippen molar-refractivity contribution in [1.82, 2.24) is 0 Å². The summed E-state index contributed by atoms with van der Waals surface area (Å²) in [5, 5.41) is 0.577. The highest BCUT2D eigenvalue weighted by Gasteiger charge is 2.22. The number of benzene rings is 1. The van der Waals surface area contributed by atoms with Crippen LogP contribution in [0.15, 0.2) is 18.2 Å². The molecule has 1 aliphatic heterocycles. The van der Waals surface area contributed by atoms with Crippen molar-refractivity contribution >= 4 is 20.4 Å². The zero-order chi connectivity index (χ0) is 12.1. The summed E-state index contributed by atoms with van der Waals surface area (Å²) >= 11 is 0. The number of sulfone groups is 1. The molecule has 1 aromatic rings. The smallest absolute Gasteiger partial charge is 0.217 e. The molecular formula is C12H13FO2S. The van der Waals surface area contributed by atoms with Gasteiger partial charge in [0.2, 0.25) is 15.0 Å². The van der Waals surface area contributed by atoms with Gasteiger partial charge in [-0.15, -0.1) is 0 Å². The monoisotopic (exact) mass is 240 g/mol. The van der Waals surface area contributed by atoms with Crippen molar-refractivity contribution in [2.24, 2.45) is 0 Å². The molecule has 0 bridgehead atoms. The number of fused-ring (bicyclic) bond motifs is 1. The molecule has 0 saturated carbocycles. The fourth-order valence-corrected chi connectivity index (χ4v) is 2.80. The zero-order valence-corrected chi connectivity index (χ0v) is 10.2. The first-order chi connectivity index (χ1) is 7.22. The van der Waals surface area contributed by atoms with E-state index < -0.39 is 15.0 Å². The van der Waals surface area contributed by atoms with Crippen molar-refractivity contribution < 1.29 is 12.8 Å². The number of rotatable bonds is 0. The topological polar surface area (TPSA) is 34.1 Å². The number of hydrogen-bond donors (Lipinski definition) is 0. The molecule has 1 aromatic carbocycles. The standard InChI is InChI=1S/C12H13FO2S/c1-12(2,3)9-4-5-10-8(6-9)7-16(14,15)11(10)13/h4-7H,1-3H3. The van der Waals surface area contributed by atoms with E-state index in [0.29, 0.717) is 5.22 Å². The first kappa shape index (κ1) is 11.3. The molecule has 0 saturated heterocycles. The Morgan fingerprint density at radius 2 is 1.81 bits per heavy atom. The Morgan fingerprint density at radius 3 is 2.38 bits per heavy atom. The van der Waals surface area contributed by atoms with Crippen molar-refractivity contribution in [3.05, 3.63) is 34.2 Å². The molecule has 0 spiro atoms. The molecule has 0 fully saturated rings. The van der Waals surface area contributed by atoms with Gasteiger partial charge in [0.25, 0.3) is 0 Å². The molecule has 0 atom stereocenters. The minimum Gasteiger partial charge on any atom is -0.217 e. The van der Waals surface area contributed by atoms with Crippen molar-refractivity contribution in [2.45, 2.75) is 26.2 Å². The van der Waals surface area contributed by atoms with Gasteiger partial charge in [-0.25, -0.2) is 8.42 Å². The normalized spacial score (nSPS) is 18.1. The number of hydrogen-bond acceptors (Lipinski definition) is 2. The Hall–Kier alpha value is -1.16. The van der Waals surface area contributed by atoms with Gasteiger partial charge < -0.3 is 0 Å². The fourth-order valence-electron chi connectivity index (χ4n) is 1.68. The highest BCUT2D eigenvalue weighted by molar-refractivity contribution is 8.06. The lowest BCUT2D eigenvalue weighted by molar-refractivity contribution is 0.589. The van der Waals surface area contributed by atoms with Gasteiger partial charge in [0.15, 0.2) is 0 Å². The molecular weight excluding hydrogens is 227 g/mol. The van der Waals surface area contributed by atoms with Gasteiger partial charge in [-0.1, -0.05) is 32.9 Å². The van der Waals surface area contributed by atoms with Crippen LogP contribution < -0.4 is 10.4 Å².